The fourth-order valence-corrected chi connectivity index (χ4v) is 2.76. The standard InChI is InChI=1S/C19H23F3N2O3/c1-26-6-4-14(10-15-3-2-5-27-15)24-19(25)9-13(23)7-12-8-17(21)18(22)11-16(12)20/h2-3,5,8,11,13-14H,4,6-7,9-10,23H2,1H3,(H,24,25)/t13-,14?/m1/s1. The molecule has 0 radical (unpaired) electrons. The van der Waals surface area contributed by atoms with Crippen LogP contribution in [0.15, 0.2) is 34.9 Å². The highest BCUT2D eigenvalue weighted by atomic mass is 19.2. The van der Waals surface area contributed by atoms with Crippen LogP contribution in [-0.4, -0.2) is 31.7 Å². The molecule has 1 aromatic heterocycles. The van der Waals surface area contributed by atoms with Gasteiger partial charge in [-0.3, -0.25) is 4.79 Å². The molecule has 1 heterocycles. The molecule has 2 atom stereocenters. The summed E-state index contributed by atoms with van der Waals surface area (Å²) in [5.74, 6) is -2.90. The number of carbonyl (C=O) groups is 1. The first-order chi connectivity index (χ1) is 12.9. The van der Waals surface area contributed by atoms with E-state index in [0.717, 1.165) is 11.8 Å². The van der Waals surface area contributed by atoms with E-state index in [1.54, 1.807) is 19.4 Å². The SMILES string of the molecule is COCCC(Cc1ccco1)NC(=O)C[C@H](N)Cc1cc(F)c(F)cc1F. The minimum Gasteiger partial charge on any atom is -0.469 e. The zero-order valence-corrected chi connectivity index (χ0v) is 15.0. The maximum absolute atomic E-state index is 13.7. The number of benzene rings is 1. The van der Waals surface area contributed by atoms with Gasteiger partial charge in [-0.25, -0.2) is 13.2 Å². The molecule has 1 unspecified atom stereocenters. The molecule has 8 heteroatoms. The number of methoxy groups -OCH3 is 1. The Balaban J connectivity index is 1.90. The normalized spacial score (nSPS) is 13.4. The van der Waals surface area contributed by atoms with Gasteiger partial charge in [0, 0.05) is 44.7 Å². The van der Waals surface area contributed by atoms with E-state index in [2.05, 4.69) is 5.32 Å². The van der Waals surface area contributed by atoms with Crippen LogP contribution in [0, 0.1) is 17.5 Å². The Morgan fingerprint density at radius 2 is 1.96 bits per heavy atom. The van der Waals surface area contributed by atoms with Gasteiger partial charge >= 0.3 is 0 Å². The van der Waals surface area contributed by atoms with Crippen LogP contribution in [-0.2, 0) is 22.4 Å². The molecule has 148 valence electrons. The molecule has 0 aliphatic rings. The fraction of sp³-hybridized carbons (Fsp3) is 0.421. The second kappa shape index (κ2) is 10.1. The summed E-state index contributed by atoms with van der Waals surface area (Å²) in [6.45, 7) is 0.456. The molecule has 2 aromatic rings. The maximum atomic E-state index is 13.7. The van der Waals surface area contributed by atoms with Crippen molar-refractivity contribution in [1.82, 2.24) is 5.32 Å². The van der Waals surface area contributed by atoms with E-state index in [9.17, 15) is 18.0 Å². The van der Waals surface area contributed by atoms with Crippen molar-refractivity contribution in [2.45, 2.75) is 37.8 Å². The highest BCUT2D eigenvalue weighted by Crippen LogP contribution is 2.16. The van der Waals surface area contributed by atoms with Crippen molar-refractivity contribution in [2.75, 3.05) is 13.7 Å². The molecule has 0 bridgehead atoms. The minimum absolute atomic E-state index is 0.0688. The predicted molar refractivity (Wildman–Crippen MR) is 93.4 cm³/mol. The van der Waals surface area contributed by atoms with E-state index in [1.807, 2.05) is 6.07 Å². The number of hydrogen-bond acceptors (Lipinski definition) is 4. The van der Waals surface area contributed by atoms with E-state index in [-0.39, 0.29) is 30.4 Å². The summed E-state index contributed by atoms with van der Waals surface area (Å²) in [6.07, 6.45) is 2.46. The van der Waals surface area contributed by atoms with E-state index >= 15 is 0 Å². The monoisotopic (exact) mass is 384 g/mol. The summed E-state index contributed by atoms with van der Waals surface area (Å²) in [5, 5.41) is 2.86. The third-order valence-electron chi connectivity index (χ3n) is 4.08. The predicted octanol–water partition coefficient (Wildman–Crippen LogP) is 2.72. The molecule has 0 fully saturated rings. The molecule has 0 spiro atoms. The van der Waals surface area contributed by atoms with Gasteiger partial charge in [-0.15, -0.1) is 0 Å². The van der Waals surface area contributed by atoms with Crippen LogP contribution in [0.2, 0.25) is 0 Å². The van der Waals surface area contributed by atoms with Crippen LogP contribution >= 0.6 is 0 Å². The van der Waals surface area contributed by atoms with Gasteiger partial charge in [0.15, 0.2) is 11.6 Å². The zero-order valence-electron chi connectivity index (χ0n) is 15.0. The molecule has 0 saturated carbocycles. The maximum Gasteiger partial charge on any atom is 0.221 e. The molecule has 0 aliphatic carbocycles. The summed E-state index contributed by atoms with van der Waals surface area (Å²) in [5.41, 5.74) is 5.82. The Morgan fingerprint density at radius 3 is 2.63 bits per heavy atom. The third kappa shape index (κ3) is 6.73. The number of amides is 1. The quantitative estimate of drug-likeness (QED) is 0.618. The largest absolute Gasteiger partial charge is 0.469 e. The Morgan fingerprint density at radius 1 is 1.22 bits per heavy atom. The number of rotatable bonds is 10. The van der Waals surface area contributed by atoms with Gasteiger partial charge in [-0.05, 0) is 36.6 Å². The second-order valence-electron chi connectivity index (χ2n) is 6.36. The van der Waals surface area contributed by atoms with E-state index in [4.69, 9.17) is 14.9 Å². The van der Waals surface area contributed by atoms with Crippen LogP contribution in [0.5, 0.6) is 0 Å². The molecule has 1 aromatic carbocycles. The summed E-state index contributed by atoms with van der Waals surface area (Å²) in [4.78, 5) is 12.3. The van der Waals surface area contributed by atoms with Crippen molar-refractivity contribution in [3.63, 3.8) is 0 Å². The summed E-state index contributed by atoms with van der Waals surface area (Å²) in [7, 11) is 1.57. The lowest BCUT2D eigenvalue weighted by atomic mass is 10.0. The van der Waals surface area contributed by atoms with Gasteiger partial charge in [0.05, 0.1) is 6.26 Å². The lowest BCUT2D eigenvalue weighted by molar-refractivity contribution is -0.122. The van der Waals surface area contributed by atoms with Gasteiger partial charge in [0.25, 0.3) is 0 Å². The fourth-order valence-electron chi connectivity index (χ4n) is 2.76. The Kier molecular flexibility index (Phi) is 7.87. The Hall–Kier alpha value is -2.32. The molecular formula is C19H23F3N2O3. The van der Waals surface area contributed by atoms with E-state index in [1.165, 1.54) is 0 Å². The molecule has 27 heavy (non-hydrogen) atoms. The zero-order chi connectivity index (χ0) is 19.8. The van der Waals surface area contributed by atoms with Gasteiger partial charge in [-0.2, -0.15) is 0 Å². The van der Waals surface area contributed by atoms with Gasteiger partial charge < -0.3 is 20.2 Å². The first-order valence-corrected chi connectivity index (χ1v) is 8.58. The Bertz CT molecular complexity index is 738. The topological polar surface area (TPSA) is 77.5 Å². The van der Waals surface area contributed by atoms with E-state index < -0.39 is 23.5 Å². The smallest absolute Gasteiger partial charge is 0.221 e. The molecule has 3 N–H and O–H groups in total. The number of ether oxygens (including phenoxy) is 1. The van der Waals surface area contributed by atoms with Crippen molar-refractivity contribution in [3.8, 4) is 0 Å². The van der Waals surface area contributed by atoms with Crippen molar-refractivity contribution >= 4 is 5.91 Å². The van der Waals surface area contributed by atoms with Crippen LogP contribution in [0.3, 0.4) is 0 Å². The molecule has 5 nitrogen and oxygen atoms in total. The second-order valence-corrected chi connectivity index (χ2v) is 6.36. The number of hydrogen-bond donors (Lipinski definition) is 2. The summed E-state index contributed by atoms with van der Waals surface area (Å²) >= 11 is 0. The number of halogens is 3. The average molecular weight is 384 g/mol. The first kappa shape index (κ1) is 21.0. The van der Waals surface area contributed by atoms with Gasteiger partial charge in [-0.1, -0.05) is 0 Å². The summed E-state index contributed by atoms with van der Waals surface area (Å²) in [6, 6.07) is 3.86. The van der Waals surface area contributed by atoms with Crippen molar-refractivity contribution in [1.29, 1.82) is 0 Å². The van der Waals surface area contributed by atoms with Crippen molar-refractivity contribution in [2.24, 2.45) is 5.73 Å². The first-order valence-electron chi connectivity index (χ1n) is 8.58. The van der Waals surface area contributed by atoms with Crippen molar-refractivity contribution < 1.29 is 27.1 Å². The third-order valence-corrected chi connectivity index (χ3v) is 4.08. The Labute approximate surface area is 155 Å². The van der Waals surface area contributed by atoms with Crippen molar-refractivity contribution in [3.05, 3.63) is 59.3 Å². The number of nitrogens with one attached hydrogen (secondary N) is 1. The van der Waals surface area contributed by atoms with Gasteiger partial charge in [0.2, 0.25) is 5.91 Å². The van der Waals surface area contributed by atoms with E-state index in [0.29, 0.717) is 25.5 Å². The van der Waals surface area contributed by atoms with Crippen LogP contribution in [0.1, 0.15) is 24.2 Å². The van der Waals surface area contributed by atoms with Crippen LogP contribution in [0.4, 0.5) is 13.2 Å². The minimum atomic E-state index is -1.26. The number of carbonyl (C=O) groups excluding carboxylic acids is 1. The molecule has 0 aliphatic heterocycles. The lowest BCUT2D eigenvalue weighted by Crippen LogP contribution is -2.40. The molecular weight excluding hydrogens is 361 g/mol. The number of nitrogens with two attached hydrogens (primary N) is 1. The molecule has 2 rings (SSSR count). The summed E-state index contributed by atoms with van der Waals surface area (Å²) < 4.78 is 50.3. The highest BCUT2D eigenvalue weighted by Gasteiger charge is 2.19. The average Bonchev–Trinajstić information content (AvgIpc) is 3.10. The highest BCUT2D eigenvalue weighted by molar-refractivity contribution is 5.77. The molecule has 0 saturated heterocycles. The van der Waals surface area contributed by atoms with Crippen LogP contribution < -0.4 is 11.1 Å². The molecule has 1 amide bonds. The van der Waals surface area contributed by atoms with Gasteiger partial charge in [0.1, 0.15) is 11.6 Å². The lowest BCUT2D eigenvalue weighted by Gasteiger charge is -2.19. The number of furan rings is 1. The van der Waals surface area contributed by atoms with Crippen LogP contribution in [0.25, 0.3) is 0 Å².